The van der Waals surface area contributed by atoms with Crippen molar-refractivity contribution in [3.63, 3.8) is 0 Å². The third-order valence-corrected chi connectivity index (χ3v) is 5.38. The van der Waals surface area contributed by atoms with Crippen LogP contribution in [0.3, 0.4) is 0 Å². The Labute approximate surface area is 177 Å². The van der Waals surface area contributed by atoms with Gasteiger partial charge in [0.15, 0.2) is 0 Å². The second-order valence-corrected chi connectivity index (χ2v) is 8.25. The lowest BCUT2D eigenvalue weighted by atomic mass is 10.1. The maximum Gasteiger partial charge on any atom is 0.124 e. The number of rotatable bonds is 9. The maximum atomic E-state index is 6.12. The normalized spacial score (nSPS) is 12.0. The summed E-state index contributed by atoms with van der Waals surface area (Å²) in [6, 6.07) is 25.8. The Morgan fingerprint density at radius 2 is 1.68 bits per heavy atom. The molecule has 1 N–H and O–H groups in total. The standard InChI is InChI=1S/C25H28BrNO/c1-19-8-11-22(12-9-19)18-28-25-15-14-24(26)16-23(25)17-27-20(2)10-13-21-6-4-3-5-7-21/h3-9,11-12,14-16,20,27H,10,13,17-18H2,1-2H3/t20-/m0/s1. The summed E-state index contributed by atoms with van der Waals surface area (Å²) in [5.41, 5.74) is 5.01. The molecule has 3 heteroatoms. The quantitative estimate of drug-likeness (QED) is 0.415. The first-order chi connectivity index (χ1) is 13.6. The predicted octanol–water partition coefficient (Wildman–Crippen LogP) is 6.45. The molecule has 0 spiro atoms. The molecule has 0 aromatic heterocycles. The van der Waals surface area contributed by atoms with Crippen molar-refractivity contribution in [1.29, 1.82) is 0 Å². The lowest BCUT2D eigenvalue weighted by Gasteiger charge is -2.17. The highest BCUT2D eigenvalue weighted by Gasteiger charge is 2.08. The van der Waals surface area contributed by atoms with Crippen molar-refractivity contribution in [1.82, 2.24) is 5.32 Å². The van der Waals surface area contributed by atoms with E-state index in [0.29, 0.717) is 12.6 Å². The fraction of sp³-hybridized carbons (Fsp3) is 0.280. The molecule has 2 nitrogen and oxygen atoms in total. The summed E-state index contributed by atoms with van der Waals surface area (Å²) in [4.78, 5) is 0. The van der Waals surface area contributed by atoms with Gasteiger partial charge in [0.05, 0.1) is 0 Å². The lowest BCUT2D eigenvalue weighted by molar-refractivity contribution is 0.301. The lowest BCUT2D eigenvalue weighted by Crippen LogP contribution is -2.26. The van der Waals surface area contributed by atoms with Crippen LogP contribution >= 0.6 is 15.9 Å². The number of nitrogens with one attached hydrogen (secondary N) is 1. The van der Waals surface area contributed by atoms with Crippen LogP contribution in [-0.4, -0.2) is 6.04 Å². The van der Waals surface area contributed by atoms with Gasteiger partial charge in [0, 0.05) is 22.6 Å². The van der Waals surface area contributed by atoms with E-state index in [9.17, 15) is 0 Å². The van der Waals surface area contributed by atoms with E-state index in [1.165, 1.54) is 22.3 Å². The van der Waals surface area contributed by atoms with Crippen molar-refractivity contribution in [3.8, 4) is 5.75 Å². The molecule has 0 fully saturated rings. The summed E-state index contributed by atoms with van der Waals surface area (Å²) in [7, 11) is 0. The van der Waals surface area contributed by atoms with Gasteiger partial charge in [-0.05, 0) is 56.0 Å². The molecule has 28 heavy (non-hydrogen) atoms. The Morgan fingerprint density at radius 1 is 0.929 bits per heavy atom. The molecule has 0 aliphatic heterocycles. The van der Waals surface area contributed by atoms with Crippen molar-refractivity contribution < 1.29 is 4.74 Å². The molecule has 0 radical (unpaired) electrons. The highest BCUT2D eigenvalue weighted by atomic mass is 79.9. The molecule has 146 valence electrons. The van der Waals surface area contributed by atoms with E-state index in [4.69, 9.17) is 4.74 Å². The summed E-state index contributed by atoms with van der Waals surface area (Å²) in [6.07, 6.45) is 2.20. The van der Waals surface area contributed by atoms with Crippen LogP contribution in [0.15, 0.2) is 77.3 Å². The second-order valence-electron chi connectivity index (χ2n) is 7.33. The fourth-order valence-electron chi connectivity index (χ4n) is 3.09. The third kappa shape index (κ3) is 6.50. The molecule has 0 heterocycles. The van der Waals surface area contributed by atoms with Crippen molar-refractivity contribution in [2.75, 3.05) is 0 Å². The molecule has 0 amide bonds. The van der Waals surface area contributed by atoms with Gasteiger partial charge in [-0.25, -0.2) is 0 Å². The molecule has 3 aromatic carbocycles. The summed E-state index contributed by atoms with van der Waals surface area (Å²) >= 11 is 3.59. The molecule has 3 rings (SSSR count). The highest BCUT2D eigenvalue weighted by Crippen LogP contribution is 2.24. The van der Waals surface area contributed by atoms with Gasteiger partial charge in [-0.3, -0.25) is 0 Å². The van der Waals surface area contributed by atoms with E-state index in [2.05, 4.69) is 95.8 Å². The van der Waals surface area contributed by atoms with Gasteiger partial charge in [-0.15, -0.1) is 0 Å². The van der Waals surface area contributed by atoms with E-state index < -0.39 is 0 Å². The maximum absolute atomic E-state index is 6.12. The fourth-order valence-corrected chi connectivity index (χ4v) is 3.49. The topological polar surface area (TPSA) is 21.3 Å². The zero-order valence-electron chi connectivity index (χ0n) is 16.6. The van der Waals surface area contributed by atoms with Gasteiger partial charge in [-0.1, -0.05) is 76.1 Å². The van der Waals surface area contributed by atoms with Crippen molar-refractivity contribution in [3.05, 3.63) is 99.5 Å². The Bertz CT molecular complexity index is 861. The zero-order valence-corrected chi connectivity index (χ0v) is 18.2. The van der Waals surface area contributed by atoms with Gasteiger partial charge in [-0.2, -0.15) is 0 Å². The number of hydrogen-bond donors (Lipinski definition) is 1. The third-order valence-electron chi connectivity index (χ3n) is 4.89. The monoisotopic (exact) mass is 437 g/mol. The number of aryl methyl sites for hydroxylation is 2. The van der Waals surface area contributed by atoms with Crippen LogP contribution in [0.5, 0.6) is 5.75 Å². The molecule has 0 bridgehead atoms. The minimum absolute atomic E-state index is 0.434. The van der Waals surface area contributed by atoms with Crippen LogP contribution in [0.25, 0.3) is 0 Å². The average Bonchev–Trinajstić information content (AvgIpc) is 2.72. The Hall–Kier alpha value is -2.10. The number of ether oxygens (including phenoxy) is 1. The molecule has 3 aromatic rings. The van der Waals surface area contributed by atoms with E-state index in [-0.39, 0.29) is 0 Å². The van der Waals surface area contributed by atoms with Gasteiger partial charge in [0.1, 0.15) is 12.4 Å². The zero-order chi connectivity index (χ0) is 19.8. The first-order valence-electron chi connectivity index (χ1n) is 9.84. The molecule has 0 aliphatic rings. The summed E-state index contributed by atoms with van der Waals surface area (Å²) in [5, 5.41) is 3.64. The Morgan fingerprint density at radius 3 is 2.43 bits per heavy atom. The number of hydrogen-bond acceptors (Lipinski definition) is 2. The van der Waals surface area contributed by atoms with Crippen LogP contribution in [0.2, 0.25) is 0 Å². The average molecular weight is 438 g/mol. The first kappa shape index (κ1) is 20.6. The predicted molar refractivity (Wildman–Crippen MR) is 121 cm³/mol. The van der Waals surface area contributed by atoms with Crippen molar-refractivity contribution in [2.45, 2.75) is 45.9 Å². The van der Waals surface area contributed by atoms with E-state index >= 15 is 0 Å². The smallest absolute Gasteiger partial charge is 0.124 e. The molecular weight excluding hydrogens is 410 g/mol. The first-order valence-corrected chi connectivity index (χ1v) is 10.6. The number of benzene rings is 3. The minimum Gasteiger partial charge on any atom is -0.489 e. The van der Waals surface area contributed by atoms with E-state index in [0.717, 1.165) is 29.6 Å². The Kier molecular flexibility index (Phi) is 7.70. The molecule has 0 saturated heterocycles. The van der Waals surface area contributed by atoms with E-state index in [1.54, 1.807) is 0 Å². The van der Waals surface area contributed by atoms with Gasteiger partial charge in [0.25, 0.3) is 0 Å². The van der Waals surface area contributed by atoms with Gasteiger partial charge in [0.2, 0.25) is 0 Å². The van der Waals surface area contributed by atoms with Crippen LogP contribution < -0.4 is 10.1 Å². The minimum atomic E-state index is 0.434. The summed E-state index contributed by atoms with van der Waals surface area (Å²) < 4.78 is 7.19. The molecular formula is C25H28BrNO. The molecule has 1 atom stereocenters. The van der Waals surface area contributed by atoms with E-state index in [1.807, 2.05) is 12.1 Å². The van der Waals surface area contributed by atoms with Crippen LogP contribution in [0, 0.1) is 6.92 Å². The largest absolute Gasteiger partial charge is 0.489 e. The second kappa shape index (κ2) is 10.4. The molecule has 0 saturated carbocycles. The summed E-state index contributed by atoms with van der Waals surface area (Å²) in [5.74, 6) is 0.937. The van der Waals surface area contributed by atoms with Crippen LogP contribution in [0.1, 0.15) is 35.6 Å². The highest BCUT2D eigenvalue weighted by molar-refractivity contribution is 9.10. The van der Waals surface area contributed by atoms with Gasteiger partial charge >= 0.3 is 0 Å². The SMILES string of the molecule is Cc1ccc(COc2ccc(Br)cc2CN[C@@H](C)CCc2ccccc2)cc1. The van der Waals surface area contributed by atoms with Crippen molar-refractivity contribution in [2.24, 2.45) is 0 Å². The van der Waals surface area contributed by atoms with Crippen LogP contribution in [0.4, 0.5) is 0 Å². The number of halogens is 1. The summed E-state index contributed by atoms with van der Waals surface area (Å²) in [6.45, 7) is 5.72. The van der Waals surface area contributed by atoms with Gasteiger partial charge < -0.3 is 10.1 Å². The van der Waals surface area contributed by atoms with Crippen molar-refractivity contribution >= 4 is 15.9 Å². The van der Waals surface area contributed by atoms with Crippen LogP contribution in [-0.2, 0) is 19.6 Å². The molecule has 0 unspecified atom stereocenters. The Balaban J connectivity index is 1.55. The molecule has 0 aliphatic carbocycles.